The number of benzene rings is 2. The van der Waals surface area contributed by atoms with E-state index < -0.39 is 11.8 Å². The molecule has 1 heterocycles. The van der Waals surface area contributed by atoms with Crippen molar-refractivity contribution in [2.75, 3.05) is 26.2 Å². The highest BCUT2D eigenvalue weighted by molar-refractivity contribution is 6.34. The summed E-state index contributed by atoms with van der Waals surface area (Å²) in [7, 11) is 0. The average molecular weight is 365 g/mol. The molecule has 6 heteroatoms. The molecule has 0 unspecified atom stereocenters. The summed E-state index contributed by atoms with van der Waals surface area (Å²) in [6, 6.07) is 19.3. The molecule has 27 heavy (non-hydrogen) atoms. The number of carbonyl (C=O) groups excluding carboxylic acids is 3. The molecule has 0 bridgehead atoms. The third kappa shape index (κ3) is 4.94. The minimum absolute atomic E-state index is 0.370. The van der Waals surface area contributed by atoms with Crippen LogP contribution in [0, 0.1) is 0 Å². The van der Waals surface area contributed by atoms with Gasteiger partial charge in [0.1, 0.15) is 0 Å². The monoisotopic (exact) mass is 365 g/mol. The first-order chi connectivity index (χ1) is 13.2. The molecule has 2 aromatic rings. The van der Waals surface area contributed by atoms with Crippen LogP contribution in [0.1, 0.15) is 11.1 Å². The maximum absolute atomic E-state index is 13.0. The van der Waals surface area contributed by atoms with Gasteiger partial charge in [-0.05, 0) is 11.1 Å². The molecule has 6 nitrogen and oxygen atoms in total. The SMILES string of the molecule is O=CN1CCN(C(=O)C(=O)N(Cc2ccccc2)Cc2ccccc2)CC1. The highest BCUT2D eigenvalue weighted by Crippen LogP contribution is 2.12. The summed E-state index contributed by atoms with van der Waals surface area (Å²) in [5.74, 6) is -1.02. The van der Waals surface area contributed by atoms with Crippen LogP contribution in [0.2, 0.25) is 0 Å². The smallest absolute Gasteiger partial charge is 0.312 e. The Bertz CT molecular complexity index is 730. The van der Waals surface area contributed by atoms with Crippen LogP contribution < -0.4 is 0 Å². The Balaban J connectivity index is 1.73. The van der Waals surface area contributed by atoms with Crippen molar-refractivity contribution >= 4 is 18.2 Å². The number of carbonyl (C=O) groups is 3. The first-order valence-corrected chi connectivity index (χ1v) is 9.03. The van der Waals surface area contributed by atoms with Gasteiger partial charge in [-0.2, -0.15) is 0 Å². The second-order valence-electron chi connectivity index (χ2n) is 6.57. The van der Waals surface area contributed by atoms with Gasteiger partial charge in [0.05, 0.1) is 0 Å². The van der Waals surface area contributed by atoms with E-state index in [-0.39, 0.29) is 0 Å². The Kier molecular flexibility index (Phi) is 6.20. The molecular formula is C21H23N3O3. The van der Waals surface area contributed by atoms with Crippen LogP contribution in [0.3, 0.4) is 0 Å². The molecule has 2 aromatic carbocycles. The summed E-state index contributed by atoms with van der Waals surface area (Å²) in [6.45, 7) is 2.42. The molecule has 1 saturated heterocycles. The van der Waals surface area contributed by atoms with E-state index in [1.165, 1.54) is 4.90 Å². The number of rotatable bonds is 5. The molecule has 140 valence electrons. The molecule has 1 fully saturated rings. The van der Waals surface area contributed by atoms with Gasteiger partial charge in [-0.1, -0.05) is 60.7 Å². The van der Waals surface area contributed by atoms with Crippen molar-refractivity contribution in [2.24, 2.45) is 0 Å². The van der Waals surface area contributed by atoms with E-state index in [1.54, 1.807) is 9.80 Å². The minimum Gasteiger partial charge on any atom is -0.342 e. The first-order valence-electron chi connectivity index (χ1n) is 9.03. The van der Waals surface area contributed by atoms with Gasteiger partial charge in [0.2, 0.25) is 6.41 Å². The van der Waals surface area contributed by atoms with Crippen molar-refractivity contribution in [2.45, 2.75) is 13.1 Å². The summed E-state index contributed by atoms with van der Waals surface area (Å²) in [4.78, 5) is 41.3. The van der Waals surface area contributed by atoms with Gasteiger partial charge in [-0.3, -0.25) is 14.4 Å². The van der Waals surface area contributed by atoms with Gasteiger partial charge < -0.3 is 14.7 Å². The van der Waals surface area contributed by atoms with Gasteiger partial charge >= 0.3 is 11.8 Å². The predicted molar refractivity (Wildman–Crippen MR) is 101 cm³/mol. The molecule has 0 saturated carbocycles. The predicted octanol–water partition coefficient (Wildman–Crippen LogP) is 1.52. The van der Waals surface area contributed by atoms with Gasteiger partial charge in [-0.25, -0.2) is 0 Å². The van der Waals surface area contributed by atoms with Crippen molar-refractivity contribution in [3.05, 3.63) is 71.8 Å². The molecule has 0 spiro atoms. The van der Waals surface area contributed by atoms with Gasteiger partial charge in [-0.15, -0.1) is 0 Å². The van der Waals surface area contributed by atoms with Crippen LogP contribution in [0.15, 0.2) is 60.7 Å². The number of amides is 3. The molecule has 0 aliphatic carbocycles. The molecule has 3 amide bonds. The second-order valence-corrected chi connectivity index (χ2v) is 6.57. The molecule has 1 aliphatic heterocycles. The lowest BCUT2D eigenvalue weighted by Gasteiger charge is -2.33. The Morgan fingerprint density at radius 1 is 0.815 bits per heavy atom. The van der Waals surface area contributed by atoms with Crippen LogP contribution in [-0.2, 0) is 27.5 Å². The van der Waals surface area contributed by atoms with E-state index in [2.05, 4.69) is 0 Å². The minimum atomic E-state index is -0.512. The Hall–Kier alpha value is -3.15. The zero-order valence-corrected chi connectivity index (χ0v) is 15.2. The number of piperazine rings is 1. The maximum Gasteiger partial charge on any atom is 0.312 e. The van der Waals surface area contributed by atoms with Crippen LogP contribution >= 0.6 is 0 Å². The largest absolute Gasteiger partial charge is 0.342 e. The van der Waals surface area contributed by atoms with Crippen molar-refractivity contribution in [1.29, 1.82) is 0 Å². The summed E-state index contributed by atoms with van der Waals surface area (Å²) < 4.78 is 0. The normalized spacial score (nSPS) is 13.9. The van der Waals surface area contributed by atoms with Gasteiger partial charge in [0, 0.05) is 39.3 Å². The zero-order chi connectivity index (χ0) is 19.1. The third-order valence-corrected chi connectivity index (χ3v) is 4.65. The fraction of sp³-hybridized carbons (Fsp3) is 0.286. The van der Waals surface area contributed by atoms with Gasteiger partial charge in [0.15, 0.2) is 0 Å². The van der Waals surface area contributed by atoms with Crippen molar-refractivity contribution in [1.82, 2.24) is 14.7 Å². The molecule has 0 N–H and O–H groups in total. The standard InChI is InChI=1S/C21H23N3O3/c25-17-22-11-13-23(14-12-22)20(26)21(27)24(15-18-7-3-1-4-8-18)16-19-9-5-2-6-10-19/h1-10,17H,11-16H2. The van der Waals surface area contributed by atoms with Crippen molar-refractivity contribution in [3.8, 4) is 0 Å². The highest BCUT2D eigenvalue weighted by Gasteiger charge is 2.29. The number of nitrogens with zero attached hydrogens (tertiary/aromatic N) is 3. The number of hydrogen-bond acceptors (Lipinski definition) is 3. The Morgan fingerprint density at radius 2 is 1.30 bits per heavy atom. The molecule has 0 radical (unpaired) electrons. The van der Waals surface area contributed by atoms with E-state index in [4.69, 9.17) is 0 Å². The summed E-state index contributed by atoms with van der Waals surface area (Å²) in [6.07, 6.45) is 0.779. The van der Waals surface area contributed by atoms with E-state index >= 15 is 0 Å². The lowest BCUT2D eigenvalue weighted by molar-refractivity contribution is -0.153. The van der Waals surface area contributed by atoms with Crippen molar-refractivity contribution < 1.29 is 14.4 Å². The van der Waals surface area contributed by atoms with Crippen LogP contribution in [0.5, 0.6) is 0 Å². The van der Waals surface area contributed by atoms with Crippen LogP contribution in [-0.4, -0.2) is 59.1 Å². The molecule has 0 atom stereocenters. The Morgan fingerprint density at radius 3 is 1.74 bits per heavy atom. The molecule has 1 aliphatic rings. The molecule has 0 aromatic heterocycles. The second kappa shape index (κ2) is 8.98. The first kappa shape index (κ1) is 18.6. The highest BCUT2D eigenvalue weighted by atomic mass is 16.2. The van der Waals surface area contributed by atoms with Crippen molar-refractivity contribution in [3.63, 3.8) is 0 Å². The lowest BCUT2D eigenvalue weighted by atomic mass is 10.1. The molecule has 3 rings (SSSR count). The van der Waals surface area contributed by atoms with E-state index in [0.29, 0.717) is 39.3 Å². The van der Waals surface area contributed by atoms with Crippen LogP contribution in [0.4, 0.5) is 0 Å². The average Bonchev–Trinajstić information content (AvgIpc) is 2.74. The zero-order valence-electron chi connectivity index (χ0n) is 15.2. The molecular weight excluding hydrogens is 342 g/mol. The van der Waals surface area contributed by atoms with Crippen LogP contribution in [0.25, 0.3) is 0 Å². The summed E-state index contributed by atoms with van der Waals surface area (Å²) >= 11 is 0. The topological polar surface area (TPSA) is 60.9 Å². The fourth-order valence-electron chi connectivity index (χ4n) is 3.11. The quantitative estimate of drug-likeness (QED) is 0.596. The summed E-state index contributed by atoms with van der Waals surface area (Å²) in [5, 5.41) is 0. The lowest BCUT2D eigenvalue weighted by Crippen LogP contribution is -2.52. The Labute approximate surface area is 159 Å². The van der Waals surface area contributed by atoms with E-state index in [1.807, 2.05) is 60.7 Å². The van der Waals surface area contributed by atoms with Gasteiger partial charge in [0.25, 0.3) is 0 Å². The third-order valence-electron chi connectivity index (χ3n) is 4.65. The fourth-order valence-corrected chi connectivity index (χ4v) is 3.11. The van der Waals surface area contributed by atoms with E-state index in [0.717, 1.165) is 17.5 Å². The number of hydrogen-bond donors (Lipinski definition) is 0. The van der Waals surface area contributed by atoms with E-state index in [9.17, 15) is 14.4 Å². The summed E-state index contributed by atoms with van der Waals surface area (Å²) in [5.41, 5.74) is 1.95. The maximum atomic E-state index is 13.0.